The summed E-state index contributed by atoms with van der Waals surface area (Å²) in [5.74, 6) is 1.77. The van der Waals surface area contributed by atoms with Crippen molar-refractivity contribution in [1.82, 2.24) is 5.32 Å². The van der Waals surface area contributed by atoms with E-state index in [1.807, 2.05) is 30.3 Å². The molecule has 5 rings (SSSR count). The van der Waals surface area contributed by atoms with Crippen LogP contribution in [0, 0.1) is 5.41 Å². The first kappa shape index (κ1) is 24.3. The van der Waals surface area contributed by atoms with E-state index < -0.39 is 0 Å². The van der Waals surface area contributed by atoms with Crippen LogP contribution in [0.2, 0.25) is 0 Å². The lowest BCUT2D eigenvalue weighted by Gasteiger charge is -2.52. The maximum atomic E-state index is 13.2. The monoisotopic (exact) mass is 466 g/mol. The van der Waals surface area contributed by atoms with Gasteiger partial charge in [-0.3, -0.25) is 4.79 Å². The van der Waals surface area contributed by atoms with Crippen LogP contribution in [-0.2, 0) is 16.6 Å². The molecule has 3 N–H and O–H groups in total. The summed E-state index contributed by atoms with van der Waals surface area (Å²) in [4.78, 5) is 13.2. The number of fused-ring (bicyclic) bond motifs is 3. The number of carbonyl (C=O) groups is 1. The first-order chi connectivity index (χ1) is 16.5. The number of rotatable bonds is 10. The van der Waals surface area contributed by atoms with Gasteiger partial charge in [0.1, 0.15) is 18.1 Å². The van der Waals surface area contributed by atoms with Crippen molar-refractivity contribution < 1.29 is 18.7 Å². The van der Waals surface area contributed by atoms with Crippen molar-refractivity contribution in [3.63, 3.8) is 0 Å². The minimum Gasteiger partial charge on any atom is -0.497 e. The summed E-state index contributed by atoms with van der Waals surface area (Å²) in [7, 11) is 1.67. The number of nitrogens with one attached hydrogen (secondary N) is 1. The number of hydrogen-bond donors (Lipinski definition) is 2. The molecular formula is C28H35FN2O3. The molecule has 0 aromatic heterocycles. The average Bonchev–Trinajstić information content (AvgIpc) is 2.90. The van der Waals surface area contributed by atoms with E-state index in [9.17, 15) is 9.18 Å². The molecule has 182 valence electrons. The number of nitrogens with two attached hydrogens (primary N) is 1. The van der Waals surface area contributed by atoms with Crippen molar-refractivity contribution in [2.45, 2.75) is 50.4 Å². The summed E-state index contributed by atoms with van der Waals surface area (Å²) in [6.45, 7) is 0.949. The largest absolute Gasteiger partial charge is 0.497 e. The Hall–Kier alpha value is -2.86. The summed E-state index contributed by atoms with van der Waals surface area (Å²) >= 11 is 0. The third-order valence-electron chi connectivity index (χ3n) is 7.87. The molecule has 5 nitrogen and oxygen atoms in total. The molecule has 0 aliphatic heterocycles. The van der Waals surface area contributed by atoms with Crippen LogP contribution in [0.3, 0.4) is 0 Å². The summed E-state index contributed by atoms with van der Waals surface area (Å²) in [6, 6.07) is 16.2. The highest BCUT2D eigenvalue weighted by molar-refractivity contribution is 5.83. The maximum absolute atomic E-state index is 13.2. The highest BCUT2D eigenvalue weighted by atomic mass is 19.1. The van der Waals surface area contributed by atoms with E-state index in [0.717, 1.165) is 56.3 Å². The van der Waals surface area contributed by atoms with Gasteiger partial charge in [-0.15, -0.1) is 0 Å². The number of benzene rings is 2. The Morgan fingerprint density at radius 2 is 1.76 bits per heavy atom. The molecule has 0 atom stereocenters. The fourth-order valence-corrected chi connectivity index (χ4v) is 5.51. The number of methoxy groups -OCH3 is 1. The first-order valence-corrected chi connectivity index (χ1v) is 12.2. The quantitative estimate of drug-likeness (QED) is 0.526. The summed E-state index contributed by atoms with van der Waals surface area (Å²) in [6.07, 6.45) is 7.17. The van der Waals surface area contributed by atoms with Crippen LogP contribution in [0.15, 0.2) is 60.4 Å². The Morgan fingerprint density at radius 1 is 1.06 bits per heavy atom. The molecule has 6 heteroatoms. The third kappa shape index (κ3) is 5.12. The number of ether oxygens (including phenoxy) is 2. The molecule has 2 bridgehead atoms. The molecular weight excluding hydrogens is 431 g/mol. The average molecular weight is 467 g/mol. The lowest BCUT2D eigenvalue weighted by molar-refractivity contribution is -0.137. The lowest BCUT2D eigenvalue weighted by Crippen LogP contribution is -2.51. The van der Waals surface area contributed by atoms with Crippen molar-refractivity contribution in [2.24, 2.45) is 11.1 Å². The van der Waals surface area contributed by atoms with Crippen LogP contribution in [0.25, 0.3) is 0 Å². The Bertz CT molecular complexity index is 994. The minimum absolute atomic E-state index is 0.141. The smallest absolute Gasteiger partial charge is 0.226 e. The second kappa shape index (κ2) is 10.6. The van der Waals surface area contributed by atoms with E-state index in [1.165, 1.54) is 5.56 Å². The first-order valence-electron chi connectivity index (χ1n) is 12.2. The highest BCUT2D eigenvalue weighted by Crippen LogP contribution is 2.57. The van der Waals surface area contributed by atoms with Crippen molar-refractivity contribution in [2.75, 3.05) is 26.8 Å². The van der Waals surface area contributed by atoms with Gasteiger partial charge in [0.2, 0.25) is 5.91 Å². The van der Waals surface area contributed by atoms with Gasteiger partial charge in [0.05, 0.1) is 13.4 Å². The molecule has 3 fully saturated rings. The van der Waals surface area contributed by atoms with Gasteiger partial charge in [-0.2, -0.15) is 0 Å². The molecule has 2 aromatic rings. The van der Waals surface area contributed by atoms with Crippen molar-refractivity contribution in [1.29, 1.82) is 0 Å². The maximum Gasteiger partial charge on any atom is 0.226 e. The van der Waals surface area contributed by atoms with Gasteiger partial charge in [0, 0.05) is 24.1 Å². The summed E-state index contributed by atoms with van der Waals surface area (Å²) in [5, 5.41) is 3.21. The van der Waals surface area contributed by atoms with Crippen LogP contribution >= 0.6 is 0 Å². The third-order valence-corrected chi connectivity index (χ3v) is 7.87. The van der Waals surface area contributed by atoms with Gasteiger partial charge in [-0.1, -0.05) is 24.3 Å². The number of hydrogen-bond acceptors (Lipinski definition) is 4. The van der Waals surface area contributed by atoms with E-state index in [4.69, 9.17) is 15.2 Å². The zero-order valence-corrected chi connectivity index (χ0v) is 19.9. The molecule has 1 amide bonds. The second-order valence-corrected chi connectivity index (χ2v) is 9.70. The van der Waals surface area contributed by atoms with Crippen LogP contribution in [0.4, 0.5) is 4.39 Å². The standard InChI is InChI=1S/C28H35FN2O3/c1-33-25-4-2-3-21(17-25)9-16-31-26(32)28-13-10-27(11-14-28,12-15-28)23-5-7-24(8-6-23)34-20-22(18-29)19-30/h2-8,17-18H,9-16,19-20,30H2,1H3,(H,31,32). The van der Waals surface area contributed by atoms with Gasteiger partial charge in [-0.05, 0) is 85.8 Å². The molecule has 0 spiro atoms. The molecule has 34 heavy (non-hydrogen) atoms. The molecule has 3 saturated carbocycles. The minimum atomic E-state index is -0.226. The van der Waals surface area contributed by atoms with Gasteiger partial charge in [-0.25, -0.2) is 4.39 Å². The zero-order chi connectivity index (χ0) is 24.0. The van der Waals surface area contributed by atoms with E-state index in [0.29, 0.717) is 24.2 Å². The lowest BCUT2D eigenvalue weighted by atomic mass is 9.51. The van der Waals surface area contributed by atoms with E-state index in [-0.39, 0.29) is 29.9 Å². The molecule has 3 aliphatic carbocycles. The molecule has 3 aliphatic rings. The Labute approximate surface area is 201 Å². The predicted octanol–water partition coefficient (Wildman–Crippen LogP) is 4.84. The van der Waals surface area contributed by atoms with Crippen LogP contribution in [0.1, 0.15) is 49.7 Å². The van der Waals surface area contributed by atoms with Gasteiger partial charge in [0.15, 0.2) is 0 Å². The summed E-state index contributed by atoms with van der Waals surface area (Å²) in [5.41, 5.74) is 8.30. The predicted molar refractivity (Wildman–Crippen MR) is 132 cm³/mol. The van der Waals surface area contributed by atoms with Crippen molar-refractivity contribution in [3.8, 4) is 11.5 Å². The normalized spacial score (nSPS) is 24.0. The molecule has 0 saturated heterocycles. The molecule has 0 unspecified atom stereocenters. The SMILES string of the molecule is COc1cccc(CCNC(=O)C23CCC(c4ccc(OCC(=CF)CN)cc4)(CC2)CC3)c1. The molecule has 2 aromatic carbocycles. The Morgan fingerprint density at radius 3 is 2.38 bits per heavy atom. The van der Waals surface area contributed by atoms with Crippen molar-refractivity contribution in [3.05, 3.63) is 71.6 Å². The van der Waals surface area contributed by atoms with Crippen LogP contribution in [0.5, 0.6) is 11.5 Å². The van der Waals surface area contributed by atoms with Gasteiger partial charge in [0.25, 0.3) is 0 Å². The van der Waals surface area contributed by atoms with E-state index in [2.05, 4.69) is 23.5 Å². The number of carbonyl (C=O) groups excluding carboxylic acids is 1. The topological polar surface area (TPSA) is 73.6 Å². The second-order valence-electron chi connectivity index (χ2n) is 9.70. The Kier molecular flexibility index (Phi) is 7.57. The van der Waals surface area contributed by atoms with Crippen molar-refractivity contribution >= 4 is 5.91 Å². The fraction of sp³-hybridized carbons (Fsp3) is 0.464. The van der Waals surface area contributed by atoms with Gasteiger partial charge >= 0.3 is 0 Å². The Balaban J connectivity index is 1.30. The molecule has 0 heterocycles. The fourth-order valence-electron chi connectivity index (χ4n) is 5.51. The van der Waals surface area contributed by atoms with Crippen LogP contribution in [-0.4, -0.2) is 32.7 Å². The summed E-state index contributed by atoms with van der Waals surface area (Å²) < 4.78 is 23.6. The number of amides is 1. The zero-order valence-electron chi connectivity index (χ0n) is 19.9. The number of halogens is 1. The molecule has 0 radical (unpaired) electrons. The highest BCUT2D eigenvalue weighted by Gasteiger charge is 2.52. The van der Waals surface area contributed by atoms with Crippen LogP contribution < -0.4 is 20.5 Å². The van der Waals surface area contributed by atoms with E-state index in [1.54, 1.807) is 7.11 Å². The van der Waals surface area contributed by atoms with E-state index >= 15 is 0 Å². The van der Waals surface area contributed by atoms with Gasteiger partial charge < -0.3 is 20.5 Å².